The number of aryl methyl sites for hydroxylation is 1. The van der Waals surface area contributed by atoms with E-state index in [2.05, 4.69) is 12.1 Å². The van der Waals surface area contributed by atoms with Crippen LogP contribution in [0.3, 0.4) is 0 Å². The second kappa shape index (κ2) is 5.28. The third kappa shape index (κ3) is 2.31. The number of fused-ring (bicyclic) bond motifs is 1. The summed E-state index contributed by atoms with van der Waals surface area (Å²) in [5.74, 6) is 0. The number of benzene rings is 3. The van der Waals surface area contributed by atoms with Crippen molar-refractivity contribution < 1.29 is 5.11 Å². The van der Waals surface area contributed by atoms with E-state index in [9.17, 15) is 5.11 Å². The fourth-order valence-electron chi connectivity index (χ4n) is 2.60. The highest BCUT2D eigenvalue weighted by atomic mass is 35.5. The van der Waals surface area contributed by atoms with E-state index in [1.807, 2.05) is 55.5 Å². The summed E-state index contributed by atoms with van der Waals surface area (Å²) in [5, 5.41) is 13.6. The van der Waals surface area contributed by atoms with Gasteiger partial charge in [0, 0.05) is 5.02 Å². The van der Waals surface area contributed by atoms with Crippen molar-refractivity contribution in [1.82, 2.24) is 0 Å². The maximum Gasteiger partial charge on any atom is 0.105 e. The molecule has 100 valence electrons. The molecule has 0 amide bonds. The summed E-state index contributed by atoms with van der Waals surface area (Å²) in [7, 11) is 0. The molecule has 1 nitrogen and oxygen atoms in total. The first kappa shape index (κ1) is 13.2. The molecule has 0 heterocycles. The van der Waals surface area contributed by atoms with Gasteiger partial charge in [0.25, 0.3) is 0 Å². The Morgan fingerprint density at radius 2 is 1.65 bits per heavy atom. The van der Waals surface area contributed by atoms with Gasteiger partial charge in [-0.15, -0.1) is 0 Å². The van der Waals surface area contributed by atoms with Crippen LogP contribution in [0.2, 0.25) is 5.02 Å². The SMILES string of the molecule is Cc1cc(Cl)ccc1C(O)c1cccc2ccccc12. The minimum absolute atomic E-state index is 0.640. The molecular weight excluding hydrogens is 268 g/mol. The van der Waals surface area contributed by atoms with Crippen LogP contribution in [0, 0.1) is 6.92 Å². The van der Waals surface area contributed by atoms with Crippen molar-refractivity contribution in [3.8, 4) is 0 Å². The van der Waals surface area contributed by atoms with Crippen molar-refractivity contribution in [1.29, 1.82) is 0 Å². The van der Waals surface area contributed by atoms with Crippen LogP contribution in [-0.4, -0.2) is 5.11 Å². The van der Waals surface area contributed by atoms with Crippen LogP contribution >= 0.6 is 11.6 Å². The topological polar surface area (TPSA) is 20.2 Å². The second-order valence-corrected chi connectivity index (χ2v) is 5.41. The van der Waals surface area contributed by atoms with E-state index in [0.29, 0.717) is 5.02 Å². The molecule has 0 saturated heterocycles. The van der Waals surface area contributed by atoms with Gasteiger partial charge in [-0.1, -0.05) is 60.1 Å². The molecule has 0 aromatic heterocycles. The summed E-state index contributed by atoms with van der Waals surface area (Å²) >= 11 is 5.98. The number of hydrogen-bond donors (Lipinski definition) is 1. The average Bonchev–Trinajstić information content (AvgIpc) is 2.46. The third-order valence-corrected chi connectivity index (χ3v) is 3.88. The standard InChI is InChI=1S/C18H15ClO/c1-12-11-14(19)9-10-15(12)18(20)17-8-4-6-13-5-2-3-7-16(13)17/h2-11,18,20H,1H3. The zero-order chi connectivity index (χ0) is 14.1. The van der Waals surface area contributed by atoms with E-state index in [1.54, 1.807) is 0 Å². The first-order valence-electron chi connectivity index (χ1n) is 6.58. The molecule has 0 aliphatic rings. The van der Waals surface area contributed by atoms with E-state index in [0.717, 1.165) is 27.5 Å². The Hall–Kier alpha value is -1.83. The number of rotatable bonds is 2. The first-order chi connectivity index (χ1) is 9.66. The molecule has 3 rings (SSSR count). The summed E-state index contributed by atoms with van der Waals surface area (Å²) in [5.41, 5.74) is 2.82. The second-order valence-electron chi connectivity index (χ2n) is 4.97. The minimum Gasteiger partial charge on any atom is -0.384 e. The largest absolute Gasteiger partial charge is 0.384 e. The first-order valence-corrected chi connectivity index (χ1v) is 6.96. The maximum absolute atomic E-state index is 10.7. The molecule has 3 aromatic rings. The molecule has 0 aliphatic heterocycles. The van der Waals surface area contributed by atoms with E-state index in [4.69, 9.17) is 11.6 Å². The summed E-state index contributed by atoms with van der Waals surface area (Å²) in [4.78, 5) is 0. The predicted molar refractivity (Wildman–Crippen MR) is 84.2 cm³/mol. The molecule has 0 aliphatic carbocycles. The van der Waals surface area contributed by atoms with Crippen LogP contribution in [0.4, 0.5) is 0 Å². The van der Waals surface area contributed by atoms with Crippen LogP contribution < -0.4 is 0 Å². The Morgan fingerprint density at radius 1 is 0.900 bits per heavy atom. The van der Waals surface area contributed by atoms with E-state index in [-0.39, 0.29) is 0 Å². The van der Waals surface area contributed by atoms with Gasteiger partial charge in [-0.2, -0.15) is 0 Å². The predicted octanol–water partition coefficient (Wildman–Crippen LogP) is 4.88. The van der Waals surface area contributed by atoms with Crippen LogP contribution in [0.15, 0.2) is 60.7 Å². The molecule has 0 saturated carbocycles. The lowest BCUT2D eigenvalue weighted by atomic mass is 9.93. The van der Waals surface area contributed by atoms with Crippen LogP contribution in [0.5, 0.6) is 0 Å². The Labute approximate surface area is 123 Å². The highest BCUT2D eigenvalue weighted by Gasteiger charge is 2.15. The normalized spacial score (nSPS) is 12.6. The number of hydrogen-bond acceptors (Lipinski definition) is 1. The Bertz CT molecular complexity index is 759. The third-order valence-electron chi connectivity index (χ3n) is 3.64. The lowest BCUT2D eigenvalue weighted by Crippen LogP contribution is -2.02. The van der Waals surface area contributed by atoms with Gasteiger partial charge in [-0.3, -0.25) is 0 Å². The van der Waals surface area contributed by atoms with Gasteiger partial charge in [0.1, 0.15) is 6.10 Å². The van der Waals surface area contributed by atoms with E-state index in [1.165, 1.54) is 0 Å². The molecule has 1 unspecified atom stereocenters. The van der Waals surface area contributed by atoms with Gasteiger partial charge in [0.15, 0.2) is 0 Å². The quantitative estimate of drug-likeness (QED) is 0.710. The van der Waals surface area contributed by atoms with Crippen molar-refractivity contribution in [3.63, 3.8) is 0 Å². The van der Waals surface area contributed by atoms with Crippen molar-refractivity contribution in [2.24, 2.45) is 0 Å². The molecule has 1 N–H and O–H groups in total. The monoisotopic (exact) mass is 282 g/mol. The molecule has 3 aromatic carbocycles. The molecule has 20 heavy (non-hydrogen) atoms. The van der Waals surface area contributed by atoms with Gasteiger partial charge in [-0.25, -0.2) is 0 Å². The zero-order valence-electron chi connectivity index (χ0n) is 11.2. The van der Waals surface area contributed by atoms with Crippen molar-refractivity contribution in [2.75, 3.05) is 0 Å². The fraction of sp³-hybridized carbons (Fsp3) is 0.111. The highest BCUT2D eigenvalue weighted by molar-refractivity contribution is 6.30. The Balaban J connectivity index is 2.15. The van der Waals surface area contributed by atoms with Crippen LogP contribution in [0.1, 0.15) is 22.8 Å². The Kier molecular flexibility index (Phi) is 3.47. The van der Waals surface area contributed by atoms with Crippen LogP contribution in [0.25, 0.3) is 10.8 Å². The molecule has 0 fully saturated rings. The van der Waals surface area contributed by atoms with Crippen molar-refractivity contribution in [3.05, 3.63) is 82.4 Å². The van der Waals surface area contributed by atoms with E-state index < -0.39 is 6.10 Å². The lowest BCUT2D eigenvalue weighted by molar-refractivity contribution is 0.221. The van der Waals surface area contributed by atoms with Gasteiger partial charge >= 0.3 is 0 Å². The van der Waals surface area contributed by atoms with Gasteiger partial charge < -0.3 is 5.11 Å². The molecule has 0 bridgehead atoms. The maximum atomic E-state index is 10.7. The number of aliphatic hydroxyl groups is 1. The zero-order valence-corrected chi connectivity index (χ0v) is 11.9. The fourth-order valence-corrected chi connectivity index (χ4v) is 2.83. The smallest absolute Gasteiger partial charge is 0.105 e. The number of halogens is 1. The summed E-state index contributed by atoms with van der Waals surface area (Å²) < 4.78 is 0. The van der Waals surface area contributed by atoms with Crippen molar-refractivity contribution in [2.45, 2.75) is 13.0 Å². The molecule has 0 radical (unpaired) electrons. The molecule has 2 heteroatoms. The van der Waals surface area contributed by atoms with Gasteiger partial charge in [0.2, 0.25) is 0 Å². The summed E-state index contributed by atoms with van der Waals surface area (Å²) in [6.07, 6.45) is -0.640. The van der Waals surface area contributed by atoms with E-state index >= 15 is 0 Å². The molecule has 1 atom stereocenters. The minimum atomic E-state index is -0.640. The van der Waals surface area contributed by atoms with Gasteiger partial charge in [0.05, 0.1) is 0 Å². The molecule has 0 spiro atoms. The average molecular weight is 283 g/mol. The lowest BCUT2D eigenvalue weighted by Gasteiger charge is -2.16. The van der Waals surface area contributed by atoms with Gasteiger partial charge in [-0.05, 0) is 46.5 Å². The summed E-state index contributed by atoms with van der Waals surface area (Å²) in [6, 6.07) is 19.7. The Morgan fingerprint density at radius 3 is 2.45 bits per heavy atom. The van der Waals surface area contributed by atoms with Crippen molar-refractivity contribution >= 4 is 22.4 Å². The molecular formula is C18H15ClO. The summed E-state index contributed by atoms with van der Waals surface area (Å²) in [6.45, 7) is 1.97. The number of aliphatic hydroxyl groups excluding tert-OH is 1. The van der Waals surface area contributed by atoms with Crippen LogP contribution in [-0.2, 0) is 0 Å². The highest BCUT2D eigenvalue weighted by Crippen LogP contribution is 2.31.